The maximum atomic E-state index is 13.6. The van der Waals surface area contributed by atoms with Gasteiger partial charge in [-0.1, -0.05) is 72.8 Å². The molecule has 160 valence electrons. The summed E-state index contributed by atoms with van der Waals surface area (Å²) < 4.78 is 1.80. The van der Waals surface area contributed by atoms with Crippen molar-refractivity contribution < 1.29 is 4.79 Å². The highest BCUT2D eigenvalue weighted by Gasteiger charge is 2.34. The van der Waals surface area contributed by atoms with Crippen LogP contribution in [0.15, 0.2) is 91.1 Å². The monoisotopic (exact) mass is 438 g/mol. The Bertz CT molecular complexity index is 1630. The minimum absolute atomic E-state index is 0.115. The Hall–Kier alpha value is -4.82. The summed E-state index contributed by atoms with van der Waals surface area (Å²) >= 11 is 0. The number of rotatable bonds is 3. The van der Waals surface area contributed by atoms with Crippen LogP contribution in [-0.4, -0.2) is 20.5 Å². The number of aryl methyl sites for hydroxylation is 1. The SMILES string of the molecule is Cc1nc2c(c(-c3cn(-c4ccccc4)nc3-c3ccccc3)c1C#N)C(=O)c1ccccc1-2. The number of nitriles is 1. The number of ketones is 1. The van der Waals surface area contributed by atoms with Gasteiger partial charge in [0.1, 0.15) is 11.8 Å². The molecule has 0 amide bonds. The van der Waals surface area contributed by atoms with Gasteiger partial charge >= 0.3 is 0 Å². The van der Waals surface area contributed by atoms with E-state index in [2.05, 4.69) is 6.07 Å². The van der Waals surface area contributed by atoms with Crippen molar-refractivity contribution in [1.82, 2.24) is 14.8 Å². The Balaban J connectivity index is 1.71. The van der Waals surface area contributed by atoms with Crippen LogP contribution in [0.2, 0.25) is 0 Å². The number of hydrogen-bond acceptors (Lipinski definition) is 4. The van der Waals surface area contributed by atoms with Crippen LogP contribution in [0.5, 0.6) is 0 Å². The van der Waals surface area contributed by atoms with Crippen LogP contribution >= 0.6 is 0 Å². The average molecular weight is 438 g/mol. The Kier molecular flexibility index (Phi) is 4.46. The van der Waals surface area contributed by atoms with Crippen LogP contribution in [0.3, 0.4) is 0 Å². The summed E-state index contributed by atoms with van der Waals surface area (Å²) in [4.78, 5) is 18.3. The lowest BCUT2D eigenvalue weighted by Gasteiger charge is -2.12. The van der Waals surface area contributed by atoms with Crippen molar-refractivity contribution in [2.24, 2.45) is 0 Å². The molecule has 2 heterocycles. The molecule has 0 N–H and O–H groups in total. The van der Waals surface area contributed by atoms with Gasteiger partial charge in [-0.2, -0.15) is 10.4 Å². The lowest BCUT2D eigenvalue weighted by atomic mass is 9.91. The molecule has 0 saturated carbocycles. The van der Waals surface area contributed by atoms with E-state index in [9.17, 15) is 10.1 Å². The minimum Gasteiger partial charge on any atom is -0.288 e. The third-order valence-corrected chi connectivity index (χ3v) is 6.20. The number of fused-ring (bicyclic) bond motifs is 3. The molecule has 0 bridgehead atoms. The molecule has 0 fully saturated rings. The fourth-order valence-electron chi connectivity index (χ4n) is 4.63. The number of nitrogens with zero attached hydrogens (tertiary/aromatic N) is 4. The van der Waals surface area contributed by atoms with Crippen LogP contribution in [-0.2, 0) is 0 Å². The fourth-order valence-corrected chi connectivity index (χ4v) is 4.63. The highest BCUT2D eigenvalue weighted by Crippen LogP contribution is 2.45. The molecular formula is C29H18N4O. The molecular weight excluding hydrogens is 420 g/mol. The van der Waals surface area contributed by atoms with Gasteiger partial charge in [-0.3, -0.25) is 9.78 Å². The van der Waals surface area contributed by atoms with Crippen molar-refractivity contribution in [3.8, 4) is 45.4 Å². The number of carbonyl (C=O) groups excluding carboxylic acids is 1. The van der Waals surface area contributed by atoms with Gasteiger partial charge in [0.05, 0.1) is 28.2 Å². The van der Waals surface area contributed by atoms with Gasteiger partial charge in [0.15, 0.2) is 5.78 Å². The van der Waals surface area contributed by atoms with Gasteiger partial charge in [0.25, 0.3) is 0 Å². The van der Waals surface area contributed by atoms with Gasteiger partial charge in [-0.25, -0.2) is 4.68 Å². The van der Waals surface area contributed by atoms with Crippen LogP contribution < -0.4 is 0 Å². The van der Waals surface area contributed by atoms with E-state index < -0.39 is 0 Å². The topological polar surface area (TPSA) is 71.6 Å². The van der Waals surface area contributed by atoms with Crippen molar-refractivity contribution in [3.63, 3.8) is 0 Å². The summed E-state index contributed by atoms with van der Waals surface area (Å²) in [5.74, 6) is -0.115. The van der Waals surface area contributed by atoms with E-state index >= 15 is 0 Å². The summed E-state index contributed by atoms with van der Waals surface area (Å²) in [7, 11) is 0. The number of carbonyl (C=O) groups is 1. The Morgan fingerprint density at radius 3 is 2.12 bits per heavy atom. The zero-order chi connectivity index (χ0) is 23.2. The summed E-state index contributed by atoms with van der Waals surface area (Å²) in [5.41, 5.74) is 7.30. The second kappa shape index (κ2) is 7.65. The highest BCUT2D eigenvalue weighted by atomic mass is 16.1. The molecule has 0 unspecified atom stereocenters. The Morgan fingerprint density at radius 2 is 1.41 bits per heavy atom. The summed E-state index contributed by atoms with van der Waals surface area (Å²) in [6.45, 7) is 1.82. The second-order valence-corrected chi connectivity index (χ2v) is 8.19. The molecule has 0 aliphatic heterocycles. The van der Waals surface area contributed by atoms with Crippen molar-refractivity contribution >= 4 is 5.78 Å². The molecule has 5 heteroatoms. The van der Waals surface area contributed by atoms with Crippen LogP contribution in [0, 0.1) is 18.3 Å². The molecule has 0 spiro atoms. The molecule has 34 heavy (non-hydrogen) atoms. The Morgan fingerprint density at radius 1 is 0.765 bits per heavy atom. The largest absolute Gasteiger partial charge is 0.288 e. The molecule has 6 rings (SSSR count). The van der Waals surface area contributed by atoms with E-state index in [0.717, 1.165) is 22.4 Å². The molecule has 3 aromatic carbocycles. The summed E-state index contributed by atoms with van der Waals surface area (Å²) in [6.07, 6.45) is 1.91. The first-order valence-corrected chi connectivity index (χ1v) is 11.0. The van der Waals surface area contributed by atoms with E-state index in [1.807, 2.05) is 98.0 Å². The standard InChI is InChI=1S/C29H18N4O/c1-18-23(16-30)25(26-28(31-18)21-14-8-9-15-22(21)29(26)34)24-17-33(20-12-6-3-7-13-20)32-27(24)19-10-4-2-5-11-19/h2-15,17H,1H3. The molecule has 1 aliphatic carbocycles. The first kappa shape index (κ1) is 19.8. The van der Waals surface area contributed by atoms with Gasteiger partial charge in [0, 0.05) is 34.0 Å². The van der Waals surface area contributed by atoms with Crippen molar-refractivity contribution in [1.29, 1.82) is 5.26 Å². The zero-order valence-electron chi connectivity index (χ0n) is 18.4. The molecule has 5 nitrogen and oxygen atoms in total. The molecule has 5 aromatic rings. The van der Waals surface area contributed by atoms with Gasteiger partial charge < -0.3 is 0 Å². The maximum absolute atomic E-state index is 13.6. The number of benzene rings is 3. The van der Waals surface area contributed by atoms with E-state index in [1.165, 1.54) is 0 Å². The van der Waals surface area contributed by atoms with Gasteiger partial charge in [-0.15, -0.1) is 0 Å². The van der Waals surface area contributed by atoms with E-state index in [0.29, 0.717) is 39.3 Å². The zero-order valence-corrected chi connectivity index (χ0v) is 18.4. The predicted octanol–water partition coefficient (Wildman–Crippen LogP) is 5.99. The van der Waals surface area contributed by atoms with Crippen LogP contribution in [0.4, 0.5) is 0 Å². The highest BCUT2D eigenvalue weighted by molar-refractivity contribution is 6.24. The third-order valence-electron chi connectivity index (χ3n) is 6.20. The Labute approximate surface area is 196 Å². The van der Waals surface area contributed by atoms with E-state index in [-0.39, 0.29) is 5.78 Å². The van der Waals surface area contributed by atoms with Crippen molar-refractivity contribution in [2.75, 3.05) is 0 Å². The smallest absolute Gasteiger partial charge is 0.196 e. The number of aromatic nitrogens is 3. The van der Waals surface area contributed by atoms with Crippen LogP contribution in [0.1, 0.15) is 27.2 Å². The number of hydrogen-bond donors (Lipinski definition) is 0. The van der Waals surface area contributed by atoms with Gasteiger partial charge in [0.2, 0.25) is 0 Å². The first-order chi connectivity index (χ1) is 16.7. The molecule has 0 atom stereocenters. The maximum Gasteiger partial charge on any atom is 0.196 e. The van der Waals surface area contributed by atoms with Crippen LogP contribution in [0.25, 0.3) is 39.3 Å². The first-order valence-electron chi connectivity index (χ1n) is 11.0. The molecule has 1 aliphatic rings. The third kappa shape index (κ3) is 2.90. The molecule has 2 aromatic heterocycles. The fraction of sp³-hybridized carbons (Fsp3) is 0.0345. The summed E-state index contributed by atoms with van der Waals surface area (Å²) in [5, 5.41) is 15.1. The lowest BCUT2D eigenvalue weighted by Crippen LogP contribution is -2.04. The van der Waals surface area contributed by atoms with Gasteiger partial charge in [-0.05, 0) is 19.1 Å². The van der Waals surface area contributed by atoms with Crippen molar-refractivity contribution in [2.45, 2.75) is 6.92 Å². The predicted molar refractivity (Wildman–Crippen MR) is 131 cm³/mol. The second-order valence-electron chi connectivity index (χ2n) is 8.19. The quantitative estimate of drug-likeness (QED) is 0.340. The minimum atomic E-state index is -0.115. The molecule has 0 saturated heterocycles. The normalized spacial score (nSPS) is 11.7. The molecule has 0 radical (unpaired) electrons. The number of para-hydroxylation sites is 1. The summed E-state index contributed by atoms with van der Waals surface area (Å²) in [6, 6.07) is 29.4. The average Bonchev–Trinajstić information content (AvgIpc) is 3.45. The van der Waals surface area contributed by atoms with E-state index in [4.69, 9.17) is 10.1 Å². The van der Waals surface area contributed by atoms with Crippen molar-refractivity contribution in [3.05, 3.63) is 114 Å². The number of pyridine rings is 1. The van der Waals surface area contributed by atoms with E-state index in [1.54, 1.807) is 4.68 Å². The lowest BCUT2D eigenvalue weighted by molar-refractivity contribution is 0.104.